The Labute approximate surface area is 231 Å². The number of carbonyl (C=O) groups is 1. The number of hydrogen-bond acceptors (Lipinski definition) is 5. The zero-order valence-corrected chi connectivity index (χ0v) is 23.1. The normalized spacial score (nSPS) is 18.6. The van der Waals surface area contributed by atoms with Crippen molar-refractivity contribution in [3.8, 4) is 0 Å². The van der Waals surface area contributed by atoms with Gasteiger partial charge >= 0.3 is 0 Å². The van der Waals surface area contributed by atoms with Gasteiger partial charge in [-0.1, -0.05) is 37.5 Å². The summed E-state index contributed by atoms with van der Waals surface area (Å²) in [5, 5.41) is 8.01. The average molecular weight is 574 g/mol. The van der Waals surface area contributed by atoms with Crippen LogP contribution in [0, 0.1) is 0 Å². The molecule has 2 fully saturated rings. The van der Waals surface area contributed by atoms with Crippen molar-refractivity contribution in [3.63, 3.8) is 0 Å². The molecule has 1 aliphatic carbocycles. The fourth-order valence-corrected chi connectivity index (χ4v) is 6.25. The molecule has 1 N–H and O–H groups in total. The first-order chi connectivity index (χ1) is 18.7. The van der Waals surface area contributed by atoms with Crippen molar-refractivity contribution < 1.29 is 4.79 Å². The lowest BCUT2D eigenvalue weighted by Crippen LogP contribution is -2.39. The van der Waals surface area contributed by atoms with Crippen LogP contribution in [0.15, 0.2) is 65.5 Å². The highest BCUT2D eigenvalue weighted by atomic mass is 79.9. The second kappa shape index (κ2) is 11.2. The third-order valence-electron chi connectivity index (χ3n) is 8.01. The Bertz CT molecular complexity index is 1400. The van der Waals surface area contributed by atoms with Gasteiger partial charge in [-0.05, 0) is 76.9 Å². The molecule has 7 nitrogen and oxygen atoms in total. The molecule has 4 heterocycles. The third-order valence-corrected chi connectivity index (χ3v) is 8.57. The van der Waals surface area contributed by atoms with Gasteiger partial charge in [-0.15, -0.1) is 0 Å². The number of rotatable bonds is 6. The fourth-order valence-electron chi connectivity index (χ4n) is 5.90. The van der Waals surface area contributed by atoms with E-state index in [1.54, 1.807) is 12.4 Å². The highest BCUT2D eigenvalue weighted by Gasteiger charge is 2.28. The van der Waals surface area contributed by atoms with E-state index in [2.05, 4.69) is 49.5 Å². The molecule has 3 aromatic heterocycles. The molecule has 6 rings (SSSR count). The van der Waals surface area contributed by atoms with Crippen LogP contribution in [0.5, 0.6) is 0 Å². The number of anilines is 1. The second-order valence-corrected chi connectivity index (χ2v) is 11.4. The minimum absolute atomic E-state index is 0.117. The summed E-state index contributed by atoms with van der Waals surface area (Å²) >= 11 is 3.61. The Morgan fingerprint density at radius 2 is 1.82 bits per heavy atom. The van der Waals surface area contributed by atoms with Gasteiger partial charge in [0, 0.05) is 49.6 Å². The Hall–Kier alpha value is -3.26. The molecule has 1 saturated carbocycles. The van der Waals surface area contributed by atoms with Crippen molar-refractivity contribution in [1.29, 1.82) is 0 Å². The molecular formula is C30H33BrN6O. The van der Waals surface area contributed by atoms with Gasteiger partial charge in [0.2, 0.25) is 0 Å². The van der Waals surface area contributed by atoms with Crippen LogP contribution in [0.4, 0.5) is 5.82 Å². The highest BCUT2D eigenvalue weighted by Crippen LogP contribution is 2.33. The Morgan fingerprint density at radius 3 is 2.61 bits per heavy atom. The number of aromatic nitrogens is 4. The highest BCUT2D eigenvalue weighted by molar-refractivity contribution is 9.10. The molecule has 1 aromatic carbocycles. The number of hydrogen-bond donors (Lipinski definition) is 1. The van der Waals surface area contributed by atoms with Crippen LogP contribution in [0.1, 0.15) is 84.0 Å². The summed E-state index contributed by atoms with van der Waals surface area (Å²) in [6.45, 7) is 2.08. The molecule has 8 heteroatoms. The number of nitrogens with one attached hydrogen (secondary N) is 1. The van der Waals surface area contributed by atoms with Crippen molar-refractivity contribution in [3.05, 3.63) is 87.9 Å². The van der Waals surface area contributed by atoms with E-state index in [4.69, 9.17) is 4.98 Å². The third kappa shape index (κ3) is 5.32. The number of carbonyl (C=O) groups excluding carboxylic acids is 1. The first kappa shape index (κ1) is 25.0. The van der Waals surface area contributed by atoms with Gasteiger partial charge in [-0.2, -0.15) is 9.61 Å². The van der Waals surface area contributed by atoms with Crippen LogP contribution in [-0.4, -0.2) is 43.5 Å². The standard InChI is InChI=1S/C30H33BrN6O/c31-26-19-34-37-28(33-18-21-6-4-14-32-17-21)16-27(35-29(26)37)25-9-5-15-36(20-25)30(38)24-12-10-23(11-13-24)22-7-2-1-3-8-22/h4,6,10-14,16-17,19,22,25,33H,1-3,5,7-9,15,18,20H2. The van der Waals surface area contributed by atoms with Gasteiger partial charge in [-0.25, -0.2) is 4.98 Å². The minimum atomic E-state index is 0.117. The minimum Gasteiger partial charge on any atom is -0.366 e. The summed E-state index contributed by atoms with van der Waals surface area (Å²) in [5.74, 6) is 1.81. The molecule has 1 aliphatic heterocycles. The van der Waals surface area contributed by atoms with Crippen molar-refractivity contribution in [2.75, 3.05) is 18.4 Å². The smallest absolute Gasteiger partial charge is 0.253 e. The maximum Gasteiger partial charge on any atom is 0.253 e. The van der Waals surface area contributed by atoms with Crippen molar-refractivity contribution >= 4 is 33.3 Å². The van der Waals surface area contributed by atoms with Crippen LogP contribution < -0.4 is 5.32 Å². The number of pyridine rings is 1. The number of fused-ring (bicyclic) bond motifs is 1. The van der Waals surface area contributed by atoms with Gasteiger partial charge in [0.25, 0.3) is 5.91 Å². The SMILES string of the molecule is O=C(c1ccc(C2CCCCC2)cc1)N1CCCC(c2cc(NCc3cccnc3)n3ncc(Br)c3n2)C1. The van der Waals surface area contributed by atoms with Gasteiger partial charge in [0.05, 0.1) is 16.4 Å². The average Bonchev–Trinajstić information content (AvgIpc) is 3.37. The lowest BCUT2D eigenvalue weighted by molar-refractivity contribution is 0.0706. The van der Waals surface area contributed by atoms with Gasteiger partial charge in [-0.3, -0.25) is 9.78 Å². The topological polar surface area (TPSA) is 75.4 Å². The molecule has 2 aliphatic rings. The van der Waals surface area contributed by atoms with E-state index in [0.29, 0.717) is 19.0 Å². The van der Waals surface area contributed by atoms with Gasteiger partial charge < -0.3 is 10.2 Å². The zero-order valence-electron chi connectivity index (χ0n) is 21.5. The molecule has 1 atom stereocenters. The lowest BCUT2D eigenvalue weighted by atomic mass is 9.84. The van der Waals surface area contributed by atoms with E-state index >= 15 is 0 Å². The molecule has 1 saturated heterocycles. The van der Waals surface area contributed by atoms with Crippen LogP contribution in [0.3, 0.4) is 0 Å². The maximum atomic E-state index is 13.5. The monoisotopic (exact) mass is 572 g/mol. The van der Waals surface area contributed by atoms with Crippen LogP contribution in [-0.2, 0) is 6.54 Å². The number of benzene rings is 1. The van der Waals surface area contributed by atoms with E-state index < -0.39 is 0 Å². The predicted octanol–water partition coefficient (Wildman–Crippen LogP) is 6.57. The van der Waals surface area contributed by atoms with E-state index in [-0.39, 0.29) is 11.8 Å². The number of likely N-dealkylation sites (tertiary alicyclic amines) is 1. The second-order valence-electron chi connectivity index (χ2n) is 10.6. The van der Waals surface area contributed by atoms with Crippen molar-refractivity contribution in [1.82, 2.24) is 24.5 Å². The summed E-state index contributed by atoms with van der Waals surface area (Å²) in [5.41, 5.74) is 5.02. The first-order valence-corrected chi connectivity index (χ1v) is 14.5. The molecule has 1 amide bonds. The van der Waals surface area contributed by atoms with Crippen molar-refractivity contribution in [2.24, 2.45) is 0 Å². The summed E-state index contributed by atoms with van der Waals surface area (Å²) in [6.07, 6.45) is 13.9. The summed E-state index contributed by atoms with van der Waals surface area (Å²) < 4.78 is 2.68. The van der Waals surface area contributed by atoms with Crippen LogP contribution in [0.2, 0.25) is 0 Å². The molecule has 196 valence electrons. The van der Waals surface area contributed by atoms with E-state index in [1.807, 2.05) is 39.9 Å². The zero-order chi connectivity index (χ0) is 25.9. The molecule has 0 bridgehead atoms. The maximum absolute atomic E-state index is 13.5. The fraction of sp³-hybridized carbons (Fsp3) is 0.400. The van der Waals surface area contributed by atoms with Gasteiger partial charge in [0.15, 0.2) is 5.65 Å². The largest absolute Gasteiger partial charge is 0.366 e. The van der Waals surface area contributed by atoms with Crippen LogP contribution in [0.25, 0.3) is 5.65 Å². The summed E-state index contributed by atoms with van der Waals surface area (Å²) in [4.78, 5) is 24.7. The predicted molar refractivity (Wildman–Crippen MR) is 152 cm³/mol. The first-order valence-electron chi connectivity index (χ1n) is 13.7. The van der Waals surface area contributed by atoms with E-state index in [9.17, 15) is 4.79 Å². The lowest BCUT2D eigenvalue weighted by Gasteiger charge is -2.33. The number of piperidine rings is 1. The van der Waals surface area contributed by atoms with E-state index in [1.165, 1.54) is 37.7 Å². The Morgan fingerprint density at radius 1 is 1.00 bits per heavy atom. The molecule has 38 heavy (non-hydrogen) atoms. The molecule has 0 spiro atoms. The summed E-state index contributed by atoms with van der Waals surface area (Å²) in [7, 11) is 0. The molecular weight excluding hydrogens is 540 g/mol. The molecule has 4 aromatic rings. The summed E-state index contributed by atoms with van der Waals surface area (Å²) in [6, 6.07) is 14.5. The quantitative estimate of drug-likeness (QED) is 0.283. The number of nitrogens with zero attached hydrogens (tertiary/aromatic N) is 5. The Kier molecular flexibility index (Phi) is 7.40. The van der Waals surface area contributed by atoms with E-state index in [0.717, 1.165) is 52.1 Å². The van der Waals surface area contributed by atoms with Crippen LogP contribution >= 0.6 is 15.9 Å². The molecule has 1 unspecified atom stereocenters. The molecule has 0 radical (unpaired) electrons. The Balaban J connectivity index is 1.19. The number of halogens is 1. The van der Waals surface area contributed by atoms with Crippen molar-refractivity contribution in [2.45, 2.75) is 63.3 Å². The number of amides is 1. The van der Waals surface area contributed by atoms with Gasteiger partial charge in [0.1, 0.15) is 5.82 Å².